The van der Waals surface area contributed by atoms with Crippen LogP contribution in [0.5, 0.6) is 5.75 Å². The van der Waals surface area contributed by atoms with Crippen molar-refractivity contribution in [3.05, 3.63) is 29.3 Å². The number of hydrogen-bond acceptors (Lipinski definition) is 3. The number of nitriles is 1. The van der Waals surface area contributed by atoms with Gasteiger partial charge in [0.2, 0.25) is 0 Å². The van der Waals surface area contributed by atoms with Gasteiger partial charge in [0.25, 0.3) is 0 Å². The largest absolute Gasteiger partial charge is 0.473 e. The van der Waals surface area contributed by atoms with Crippen LogP contribution >= 0.6 is 0 Å². The lowest BCUT2D eigenvalue weighted by molar-refractivity contribution is 0.112. The van der Waals surface area contributed by atoms with Gasteiger partial charge in [-0.15, -0.1) is 0 Å². The Morgan fingerprint density at radius 3 is 2.43 bits per heavy atom. The van der Waals surface area contributed by atoms with Crippen LogP contribution in [-0.4, -0.2) is 12.9 Å². The molecule has 0 amide bonds. The Kier molecular flexibility index (Phi) is 3.13. The lowest BCUT2D eigenvalue weighted by atomic mass is 10.2. The van der Waals surface area contributed by atoms with Gasteiger partial charge in [-0.25, -0.2) is 8.78 Å². The highest BCUT2D eigenvalue weighted by atomic mass is 19.1. The molecule has 0 aliphatic heterocycles. The molecule has 72 valence electrons. The molecule has 0 saturated heterocycles. The first-order valence-electron chi connectivity index (χ1n) is 3.63. The lowest BCUT2D eigenvalue weighted by Crippen LogP contribution is -2.00. The average Bonchev–Trinajstić information content (AvgIpc) is 2.16. The van der Waals surface area contributed by atoms with Crippen LogP contribution in [0.2, 0.25) is 0 Å². The van der Waals surface area contributed by atoms with E-state index in [2.05, 4.69) is 4.74 Å². The molecule has 0 saturated carbocycles. The Bertz CT molecular complexity index is 375. The van der Waals surface area contributed by atoms with Crippen LogP contribution in [-0.2, 0) is 0 Å². The third-order valence-corrected chi connectivity index (χ3v) is 1.44. The van der Waals surface area contributed by atoms with E-state index in [-0.39, 0.29) is 5.56 Å². The van der Waals surface area contributed by atoms with Crippen molar-refractivity contribution < 1.29 is 18.3 Å². The van der Waals surface area contributed by atoms with Crippen LogP contribution in [0.4, 0.5) is 8.78 Å². The highest BCUT2D eigenvalue weighted by Crippen LogP contribution is 2.22. The summed E-state index contributed by atoms with van der Waals surface area (Å²) in [4.78, 5) is 10.2. The number of aldehydes is 1. The van der Waals surface area contributed by atoms with E-state index >= 15 is 0 Å². The van der Waals surface area contributed by atoms with E-state index in [9.17, 15) is 13.6 Å². The molecule has 0 unspecified atom stereocenters. The van der Waals surface area contributed by atoms with Crippen molar-refractivity contribution >= 4 is 6.29 Å². The second-order valence-electron chi connectivity index (χ2n) is 2.38. The molecular formula is C9H5F2NO2. The van der Waals surface area contributed by atoms with Crippen molar-refractivity contribution in [2.24, 2.45) is 0 Å². The topological polar surface area (TPSA) is 50.1 Å². The number of carbonyl (C=O) groups is 1. The summed E-state index contributed by atoms with van der Waals surface area (Å²) in [6, 6.07) is 3.25. The first-order valence-corrected chi connectivity index (χ1v) is 3.63. The molecule has 0 aliphatic carbocycles. The molecule has 0 aromatic heterocycles. The maximum Gasteiger partial charge on any atom is 0.192 e. The third-order valence-electron chi connectivity index (χ3n) is 1.44. The molecule has 14 heavy (non-hydrogen) atoms. The third kappa shape index (κ3) is 2.04. The number of carbonyl (C=O) groups excluding carboxylic acids is 1. The minimum Gasteiger partial charge on any atom is -0.473 e. The summed E-state index contributed by atoms with van der Waals surface area (Å²) in [6.45, 7) is -0.450. The Hall–Kier alpha value is -1.96. The summed E-state index contributed by atoms with van der Waals surface area (Å²) in [7, 11) is 0. The molecule has 0 bridgehead atoms. The SMILES string of the molecule is N#CCOc1c(F)cc(C=O)cc1F. The zero-order valence-electron chi connectivity index (χ0n) is 6.96. The Morgan fingerprint density at radius 2 is 2.00 bits per heavy atom. The van der Waals surface area contributed by atoms with Crippen LogP contribution in [0, 0.1) is 23.0 Å². The fourth-order valence-electron chi connectivity index (χ4n) is 0.890. The van der Waals surface area contributed by atoms with Crippen LogP contribution in [0.25, 0.3) is 0 Å². The molecule has 1 rings (SSSR count). The maximum absolute atomic E-state index is 13.0. The van der Waals surface area contributed by atoms with E-state index in [4.69, 9.17) is 5.26 Å². The van der Waals surface area contributed by atoms with Crippen LogP contribution < -0.4 is 4.74 Å². The van der Waals surface area contributed by atoms with Gasteiger partial charge < -0.3 is 4.74 Å². The van der Waals surface area contributed by atoms with E-state index in [1.807, 2.05) is 0 Å². The van der Waals surface area contributed by atoms with Crippen molar-refractivity contribution in [3.8, 4) is 11.8 Å². The molecule has 0 fully saturated rings. The van der Waals surface area contributed by atoms with Crippen molar-refractivity contribution in [2.75, 3.05) is 6.61 Å². The second kappa shape index (κ2) is 4.33. The number of halogens is 2. The first kappa shape index (κ1) is 10.1. The Balaban J connectivity index is 3.06. The second-order valence-corrected chi connectivity index (χ2v) is 2.38. The molecule has 1 aromatic rings. The predicted octanol–water partition coefficient (Wildman–Crippen LogP) is 1.68. The zero-order chi connectivity index (χ0) is 10.6. The molecule has 0 heterocycles. The molecule has 5 heteroatoms. The van der Waals surface area contributed by atoms with Gasteiger partial charge in [0.05, 0.1) is 0 Å². The molecule has 0 atom stereocenters. The van der Waals surface area contributed by atoms with Crippen molar-refractivity contribution in [1.29, 1.82) is 5.26 Å². The number of nitrogens with zero attached hydrogens (tertiary/aromatic N) is 1. The molecular weight excluding hydrogens is 192 g/mol. The van der Waals surface area contributed by atoms with Gasteiger partial charge in [-0.2, -0.15) is 5.26 Å². The van der Waals surface area contributed by atoms with Crippen LogP contribution in [0.15, 0.2) is 12.1 Å². The number of ether oxygens (including phenoxy) is 1. The summed E-state index contributed by atoms with van der Waals surface area (Å²) in [5.41, 5.74) is -0.121. The van der Waals surface area contributed by atoms with Gasteiger partial charge in [0, 0.05) is 5.56 Å². The monoisotopic (exact) mass is 197 g/mol. The minimum absolute atomic E-state index is 0.121. The number of hydrogen-bond donors (Lipinski definition) is 0. The van der Waals surface area contributed by atoms with Crippen LogP contribution in [0.1, 0.15) is 10.4 Å². The quantitative estimate of drug-likeness (QED) is 0.692. The highest BCUT2D eigenvalue weighted by molar-refractivity contribution is 5.75. The summed E-state index contributed by atoms with van der Waals surface area (Å²) < 4.78 is 30.5. The summed E-state index contributed by atoms with van der Waals surface area (Å²) in [5, 5.41) is 8.13. The normalized spacial score (nSPS) is 9.21. The molecule has 0 N–H and O–H groups in total. The minimum atomic E-state index is -0.998. The van der Waals surface area contributed by atoms with Crippen molar-refractivity contribution in [2.45, 2.75) is 0 Å². The molecule has 0 spiro atoms. The maximum atomic E-state index is 13.0. The molecule has 0 radical (unpaired) electrons. The number of rotatable bonds is 3. The fourth-order valence-corrected chi connectivity index (χ4v) is 0.890. The number of benzene rings is 1. The summed E-state index contributed by atoms with van der Waals surface area (Å²) >= 11 is 0. The molecule has 1 aromatic carbocycles. The predicted molar refractivity (Wildman–Crippen MR) is 42.9 cm³/mol. The smallest absolute Gasteiger partial charge is 0.192 e. The van der Waals surface area contributed by atoms with Crippen LogP contribution in [0.3, 0.4) is 0 Å². The lowest BCUT2D eigenvalue weighted by Gasteiger charge is -2.04. The van der Waals surface area contributed by atoms with Gasteiger partial charge in [-0.3, -0.25) is 4.79 Å². The molecule has 3 nitrogen and oxygen atoms in total. The fraction of sp³-hybridized carbons (Fsp3) is 0.111. The van der Waals surface area contributed by atoms with E-state index in [1.165, 1.54) is 0 Å². The summed E-state index contributed by atoms with van der Waals surface area (Å²) in [6.07, 6.45) is 0.320. The average molecular weight is 197 g/mol. The van der Waals surface area contributed by atoms with E-state index in [1.54, 1.807) is 6.07 Å². The standard InChI is InChI=1S/C9H5F2NO2/c10-7-3-6(5-13)4-8(11)9(7)14-2-1-12/h3-5H,2H2. The summed E-state index contributed by atoms with van der Waals surface area (Å²) in [5.74, 6) is -2.64. The van der Waals surface area contributed by atoms with E-state index in [0.717, 1.165) is 12.1 Å². The van der Waals surface area contributed by atoms with E-state index < -0.39 is 24.0 Å². The van der Waals surface area contributed by atoms with Gasteiger partial charge in [0.1, 0.15) is 12.4 Å². The first-order chi connectivity index (χ1) is 6.69. The Morgan fingerprint density at radius 1 is 1.43 bits per heavy atom. The van der Waals surface area contributed by atoms with Gasteiger partial charge in [-0.1, -0.05) is 0 Å². The van der Waals surface area contributed by atoms with Gasteiger partial charge in [0.15, 0.2) is 24.0 Å². The van der Waals surface area contributed by atoms with Gasteiger partial charge >= 0.3 is 0 Å². The van der Waals surface area contributed by atoms with E-state index in [0.29, 0.717) is 6.29 Å². The zero-order valence-corrected chi connectivity index (χ0v) is 6.96. The highest BCUT2D eigenvalue weighted by Gasteiger charge is 2.11. The van der Waals surface area contributed by atoms with Crippen molar-refractivity contribution in [3.63, 3.8) is 0 Å². The molecule has 0 aliphatic rings. The van der Waals surface area contributed by atoms with Gasteiger partial charge in [-0.05, 0) is 12.1 Å². The Labute approximate surface area is 78.5 Å². The van der Waals surface area contributed by atoms with Crippen molar-refractivity contribution in [1.82, 2.24) is 0 Å².